The maximum Gasteiger partial charge on any atom is 0.311 e. The van der Waals surface area contributed by atoms with E-state index in [4.69, 9.17) is 9.47 Å². The Labute approximate surface area is 165 Å². The van der Waals surface area contributed by atoms with Gasteiger partial charge in [0.15, 0.2) is 0 Å². The summed E-state index contributed by atoms with van der Waals surface area (Å²) in [7, 11) is 3.10. The van der Waals surface area contributed by atoms with Crippen molar-refractivity contribution in [3.05, 3.63) is 41.1 Å². The number of rotatable bonds is 4. The molecule has 0 saturated heterocycles. The monoisotopic (exact) mass is 383 g/mol. The van der Waals surface area contributed by atoms with Crippen LogP contribution in [0, 0.1) is 17.8 Å². The minimum Gasteiger partial charge on any atom is -0.497 e. The van der Waals surface area contributed by atoms with Crippen molar-refractivity contribution in [1.82, 2.24) is 4.98 Å². The number of aliphatic hydroxyl groups excluding tert-OH is 1. The molecule has 1 heterocycles. The minimum atomic E-state index is -0.494. The molecule has 0 aliphatic heterocycles. The minimum absolute atomic E-state index is 0.0237. The summed E-state index contributed by atoms with van der Waals surface area (Å²) in [6.45, 7) is 1.86. The van der Waals surface area contributed by atoms with Gasteiger partial charge in [-0.1, -0.05) is 11.6 Å². The summed E-state index contributed by atoms with van der Waals surface area (Å²) in [6, 6.07) is 6.19. The third-order valence-electron chi connectivity index (χ3n) is 6.89. The van der Waals surface area contributed by atoms with E-state index in [9.17, 15) is 9.90 Å². The fraction of sp³-hybridized carbons (Fsp3) is 0.522. The molecule has 2 aliphatic carbocycles. The first-order chi connectivity index (χ1) is 13.6. The molecule has 2 aliphatic rings. The number of aromatic amines is 1. The van der Waals surface area contributed by atoms with Crippen molar-refractivity contribution < 1.29 is 19.4 Å². The number of hydrogen-bond donors (Lipinski definition) is 2. The molecule has 4 unspecified atom stereocenters. The number of carbonyl (C=O) groups excluding carboxylic acids is 1. The van der Waals surface area contributed by atoms with Crippen molar-refractivity contribution in [3.8, 4) is 5.75 Å². The largest absolute Gasteiger partial charge is 0.497 e. The lowest BCUT2D eigenvalue weighted by Crippen LogP contribution is -2.37. The number of allylic oxidation sites excluding steroid dienone is 2. The van der Waals surface area contributed by atoms with Gasteiger partial charge in [-0.05, 0) is 68.2 Å². The summed E-state index contributed by atoms with van der Waals surface area (Å²) in [6.07, 6.45) is 6.19. The zero-order chi connectivity index (χ0) is 19.8. The normalized spacial score (nSPS) is 26.6. The Bertz CT molecular complexity index is 913. The third kappa shape index (κ3) is 3.02. The van der Waals surface area contributed by atoms with Crippen LogP contribution in [0.5, 0.6) is 5.75 Å². The lowest BCUT2D eigenvalue weighted by Gasteiger charge is -2.42. The Morgan fingerprint density at radius 1 is 1.39 bits per heavy atom. The molecule has 5 heteroatoms. The summed E-state index contributed by atoms with van der Waals surface area (Å²) in [5, 5.41) is 11.2. The van der Waals surface area contributed by atoms with Crippen LogP contribution >= 0.6 is 0 Å². The van der Waals surface area contributed by atoms with Crippen molar-refractivity contribution in [2.24, 2.45) is 17.8 Å². The highest BCUT2D eigenvalue weighted by Gasteiger charge is 2.43. The van der Waals surface area contributed by atoms with Crippen LogP contribution in [0.3, 0.4) is 0 Å². The number of hydrogen-bond acceptors (Lipinski definition) is 4. The fourth-order valence-corrected chi connectivity index (χ4v) is 5.43. The van der Waals surface area contributed by atoms with E-state index in [0.29, 0.717) is 11.8 Å². The van der Waals surface area contributed by atoms with Gasteiger partial charge >= 0.3 is 5.97 Å². The highest BCUT2D eigenvalue weighted by Crippen LogP contribution is 2.51. The van der Waals surface area contributed by atoms with Crippen molar-refractivity contribution in [3.63, 3.8) is 0 Å². The van der Waals surface area contributed by atoms with E-state index in [-0.39, 0.29) is 18.5 Å². The standard InChI is InChI=1S/C23H29NO4/c1-4-13-9-14-5-7-16-19-10-15(27-2)6-8-21(19)24-22(16)18(14)11-17(13)20(12-25)23(26)28-3/h4,6,8,10,14,17-18,20,24-25H,5,7,9,11-12H2,1-3H3. The fourth-order valence-electron chi connectivity index (χ4n) is 5.43. The van der Waals surface area contributed by atoms with Crippen molar-refractivity contribution in [2.45, 2.75) is 38.5 Å². The number of esters is 1. The molecule has 4 rings (SSSR count). The number of aromatic nitrogens is 1. The van der Waals surface area contributed by atoms with Gasteiger partial charge in [-0.3, -0.25) is 4.79 Å². The number of aryl methyl sites for hydroxylation is 1. The van der Waals surface area contributed by atoms with E-state index in [2.05, 4.69) is 23.2 Å². The van der Waals surface area contributed by atoms with Crippen molar-refractivity contribution in [1.29, 1.82) is 0 Å². The molecule has 0 bridgehead atoms. The zero-order valence-electron chi connectivity index (χ0n) is 16.8. The lowest BCUT2D eigenvalue weighted by molar-refractivity contribution is -0.149. The van der Waals surface area contributed by atoms with Crippen molar-refractivity contribution >= 4 is 16.9 Å². The Hall–Kier alpha value is -2.27. The van der Waals surface area contributed by atoms with E-state index in [1.54, 1.807) is 7.11 Å². The van der Waals surface area contributed by atoms with Crippen LogP contribution < -0.4 is 4.74 Å². The molecule has 2 aromatic rings. The molecule has 0 radical (unpaired) electrons. The van der Waals surface area contributed by atoms with Gasteiger partial charge < -0.3 is 19.6 Å². The molecule has 1 fully saturated rings. The number of aliphatic hydroxyl groups is 1. The second-order valence-electron chi connectivity index (χ2n) is 8.06. The van der Waals surface area contributed by atoms with Crippen LogP contribution in [-0.4, -0.2) is 36.9 Å². The SMILES string of the molecule is CC=C1CC2CCc3c([nH]c4ccc(OC)cc34)C2CC1C(CO)C(=O)OC. The smallest absolute Gasteiger partial charge is 0.311 e. The summed E-state index contributed by atoms with van der Waals surface area (Å²) < 4.78 is 10.4. The van der Waals surface area contributed by atoms with Gasteiger partial charge in [0.05, 0.1) is 26.7 Å². The van der Waals surface area contributed by atoms with E-state index >= 15 is 0 Å². The van der Waals surface area contributed by atoms with Gasteiger partial charge in [-0.2, -0.15) is 0 Å². The first-order valence-corrected chi connectivity index (χ1v) is 10.1. The molecular weight excluding hydrogens is 354 g/mol. The molecule has 0 spiro atoms. The summed E-state index contributed by atoms with van der Waals surface area (Å²) >= 11 is 0. The van der Waals surface area contributed by atoms with Crippen LogP contribution in [0.25, 0.3) is 10.9 Å². The van der Waals surface area contributed by atoms with E-state index < -0.39 is 5.92 Å². The Morgan fingerprint density at radius 3 is 2.89 bits per heavy atom. The average Bonchev–Trinajstić information content (AvgIpc) is 3.11. The van der Waals surface area contributed by atoms with Crippen LogP contribution in [0.15, 0.2) is 29.8 Å². The number of nitrogens with one attached hydrogen (secondary N) is 1. The maximum absolute atomic E-state index is 12.3. The van der Waals surface area contributed by atoms with Crippen LogP contribution in [0.2, 0.25) is 0 Å². The number of benzene rings is 1. The number of carbonyl (C=O) groups is 1. The second kappa shape index (κ2) is 7.63. The molecule has 1 aromatic heterocycles. The lowest BCUT2D eigenvalue weighted by atomic mass is 9.62. The summed E-state index contributed by atoms with van der Waals surface area (Å²) in [4.78, 5) is 16.0. The Kier molecular flexibility index (Phi) is 5.19. The van der Waals surface area contributed by atoms with Crippen LogP contribution in [-0.2, 0) is 16.0 Å². The first-order valence-electron chi connectivity index (χ1n) is 10.1. The molecule has 28 heavy (non-hydrogen) atoms. The van der Waals surface area contributed by atoms with E-state index in [1.165, 1.54) is 29.3 Å². The molecule has 1 saturated carbocycles. The molecule has 0 amide bonds. The maximum atomic E-state index is 12.3. The van der Waals surface area contributed by atoms with Crippen LogP contribution in [0.1, 0.15) is 43.4 Å². The van der Waals surface area contributed by atoms with E-state index in [1.807, 2.05) is 13.0 Å². The van der Waals surface area contributed by atoms with Crippen molar-refractivity contribution in [2.75, 3.05) is 20.8 Å². The van der Waals surface area contributed by atoms with E-state index in [0.717, 1.165) is 36.9 Å². The molecule has 5 nitrogen and oxygen atoms in total. The molecular formula is C23H29NO4. The van der Waals surface area contributed by atoms with Gasteiger partial charge in [-0.15, -0.1) is 0 Å². The predicted octanol–water partition coefficient (Wildman–Crippen LogP) is 3.96. The third-order valence-corrected chi connectivity index (χ3v) is 6.89. The number of fused-ring (bicyclic) bond motifs is 5. The Morgan fingerprint density at radius 2 is 2.21 bits per heavy atom. The molecule has 1 aromatic carbocycles. The summed E-state index contributed by atoms with van der Waals surface area (Å²) in [5.74, 6) is 1.03. The summed E-state index contributed by atoms with van der Waals surface area (Å²) in [5.41, 5.74) is 5.12. The number of ether oxygens (including phenoxy) is 2. The predicted molar refractivity (Wildman–Crippen MR) is 108 cm³/mol. The zero-order valence-corrected chi connectivity index (χ0v) is 16.8. The highest BCUT2D eigenvalue weighted by atomic mass is 16.5. The van der Waals surface area contributed by atoms with Gasteiger partial charge in [0.25, 0.3) is 0 Å². The number of methoxy groups -OCH3 is 2. The van der Waals surface area contributed by atoms with Gasteiger partial charge in [0.2, 0.25) is 0 Å². The van der Waals surface area contributed by atoms with Gasteiger partial charge in [0.1, 0.15) is 5.75 Å². The number of H-pyrrole nitrogens is 1. The van der Waals surface area contributed by atoms with Crippen LogP contribution in [0.4, 0.5) is 0 Å². The Balaban J connectivity index is 1.73. The average molecular weight is 383 g/mol. The van der Waals surface area contributed by atoms with Gasteiger partial charge in [0, 0.05) is 22.5 Å². The molecule has 4 atom stereocenters. The van der Waals surface area contributed by atoms with Gasteiger partial charge in [-0.25, -0.2) is 0 Å². The highest BCUT2D eigenvalue weighted by molar-refractivity contribution is 5.86. The topological polar surface area (TPSA) is 71.5 Å². The second-order valence-corrected chi connectivity index (χ2v) is 8.06. The molecule has 150 valence electrons. The quantitative estimate of drug-likeness (QED) is 0.619. The molecule has 2 N–H and O–H groups in total. The first kappa shape index (κ1) is 19.1.